The smallest absolute Gasteiger partial charge is 0.171 e. The second kappa shape index (κ2) is 6.74. The standard InChI is InChI=1S/C11H18ClN3O2/c1-7-8(2)15-11(10(12)14-7)13-5-9(17-4)6-16-3/h9H,5-6H2,1-4H3,(H,13,15). The lowest BCUT2D eigenvalue weighted by Gasteiger charge is -2.16. The normalized spacial score (nSPS) is 12.5. The summed E-state index contributed by atoms with van der Waals surface area (Å²) in [4.78, 5) is 8.53. The average Bonchev–Trinajstić information content (AvgIpc) is 2.30. The van der Waals surface area contributed by atoms with Gasteiger partial charge in [-0.2, -0.15) is 0 Å². The van der Waals surface area contributed by atoms with Crippen LogP contribution in [0.1, 0.15) is 11.4 Å². The molecule has 6 heteroatoms. The zero-order valence-corrected chi connectivity index (χ0v) is 11.3. The molecule has 0 bridgehead atoms. The summed E-state index contributed by atoms with van der Waals surface area (Å²) < 4.78 is 10.2. The molecule has 1 aromatic heterocycles. The van der Waals surface area contributed by atoms with Crippen molar-refractivity contribution in [2.45, 2.75) is 20.0 Å². The number of rotatable bonds is 6. The van der Waals surface area contributed by atoms with Crippen LogP contribution in [0.25, 0.3) is 0 Å². The molecule has 96 valence electrons. The van der Waals surface area contributed by atoms with Crippen LogP contribution in [0.4, 0.5) is 5.82 Å². The number of halogens is 1. The summed E-state index contributed by atoms with van der Waals surface area (Å²) >= 11 is 6.00. The van der Waals surface area contributed by atoms with Gasteiger partial charge in [-0.3, -0.25) is 0 Å². The zero-order valence-electron chi connectivity index (χ0n) is 10.6. The second-order valence-corrected chi connectivity index (χ2v) is 4.09. The van der Waals surface area contributed by atoms with Gasteiger partial charge in [-0.05, 0) is 13.8 Å². The number of nitrogens with zero attached hydrogens (tertiary/aromatic N) is 2. The van der Waals surface area contributed by atoms with Gasteiger partial charge in [0.2, 0.25) is 0 Å². The molecule has 0 fully saturated rings. The van der Waals surface area contributed by atoms with E-state index in [0.717, 1.165) is 11.4 Å². The van der Waals surface area contributed by atoms with Gasteiger partial charge in [0, 0.05) is 20.8 Å². The maximum atomic E-state index is 6.00. The minimum absolute atomic E-state index is 0.0422. The average molecular weight is 260 g/mol. The van der Waals surface area contributed by atoms with E-state index in [2.05, 4.69) is 15.3 Å². The van der Waals surface area contributed by atoms with Gasteiger partial charge < -0.3 is 14.8 Å². The van der Waals surface area contributed by atoms with Crippen LogP contribution < -0.4 is 5.32 Å². The molecule has 0 saturated carbocycles. The maximum absolute atomic E-state index is 6.00. The minimum Gasteiger partial charge on any atom is -0.382 e. The van der Waals surface area contributed by atoms with Crippen LogP contribution >= 0.6 is 11.6 Å². The largest absolute Gasteiger partial charge is 0.382 e. The van der Waals surface area contributed by atoms with Gasteiger partial charge in [0.25, 0.3) is 0 Å². The van der Waals surface area contributed by atoms with Crippen LogP contribution in [-0.4, -0.2) is 43.4 Å². The number of methoxy groups -OCH3 is 2. The van der Waals surface area contributed by atoms with Gasteiger partial charge in [-0.25, -0.2) is 9.97 Å². The number of aryl methyl sites for hydroxylation is 2. The van der Waals surface area contributed by atoms with E-state index in [0.29, 0.717) is 24.1 Å². The summed E-state index contributed by atoms with van der Waals surface area (Å²) in [6, 6.07) is 0. The molecule has 17 heavy (non-hydrogen) atoms. The third kappa shape index (κ3) is 4.11. The molecular weight excluding hydrogens is 242 g/mol. The molecule has 1 aromatic rings. The Morgan fingerprint density at radius 1 is 1.24 bits per heavy atom. The highest BCUT2D eigenvalue weighted by atomic mass is 35.5. The number of anilines is 1. The predicted octanol–water partition coefficient (Wildman–Crippen LogP) is 1.82. The van der Waals surface area contributed by atoms with Crippen molar-refractivity contribution in [3.05, 3.63) is 16.5 Å². The van der Waals surface area contributed by atoms with Gasteiger partial charge in [0.05, 0.1) is 24.1 Å². The summed E-state index contributed by atoms with van der Waals surface area (Å²) in [7, 11) is 3.27. The first-order valence-electron chi connectivity index (χ1n) is 5.34. The van der Waals surface area contributed by atoms with E-state index < -0.39 is 0 Å². The third-order valence-electron chi connectivity index (χ3n) is 2.45. The van der Waals surface area contributed by atoms with E-state index >= 15 is 0 Å². The third-order valence-corrected chi connectivity index (χ3v) is 2.71. The molecule has 1 N–H and O–H groups in total. The van der Waals surface area contributed by atoms with E-state index in [9.17, 15) is 0 Å². The Balaban J connectivity index is 2.65. The first-order valence-corrected chi connectivity index (χ1v) is 5.72. The van der Waals surface area contributed by atoms with Crippen molar-refractivity contribution in [2.24, 2.45) is 0 Å². The number of aromatic nitrogens is 2. The molecule has 1 heterocycles. The topological polar surface area (TPSA) is 56.3 Å². The molecule has 0 aliphatic rings. The van der Waals surface area contributed by atoms with E-state index in [1.165, 1.54) is 0 Å². The van der Waals surface area contributed by atoms with Crippen molar-refractivity contribution in [3.8, 4) is 0 Å². The summed E-state index contributed by atoms with van der Waals surface area (Å²) in [5.74, 6) is 0.577. The Labute approximate surface area is 107 Å². The molecular formula is C11H18ClN3O2. The molecule has 0 aliphatic heterocycles. The highest BCUT2D eigenvalue weighted by molar-refractivity contribution is 6.31. The summed E-state index contributed by atoms with van der Waals surface area (Å²) in [6.07, 6.45) is -0.0422. The lowest BCUT2D eigenvalue weighted by molar-refractivity contribution is 0.0365. The molecule has 5 nitrogen and oxygen atoms in total. The molecule has 0 aliphatic carbocycles. The van der Waals surface area contributed by atoms with Gasteiger partial charge in [-0.1, -0.05) is 11.6 Å². The highest BCUT2D eigenvalue weighted by Gasteiger charge is 2.10. The molecule has 0 aromatic carbocycles. The fraction of sp³-hybridized carbons (Fsp3) is 0.636. The van der Waals surface area contributed by atoms with Crippen LogP contribution in [0.3, 0.4) is 0 Å². The lowest BCUT2D eigenvalue weighted by atomic mass is 10.3. The van der Waals surface area contributed by atoms with E-state index in [4.69, 9.17) is 21.1 Å². The quantitative estimate of drug-likeness (QED) is 0.845. The number of hydrogen-bond donors (Lipinski definition) is 1. The number of nitrogens with one attached hydrogen (secondary N) is 1. The van der Waals surface area contributed by atoms with Gasteiger partial charge in [0.1, 0.15) is 0 Å². The number of hydrogen-bond acceptors (Lipinski definition) is 5. The molecule has 0 saturated heterocycles. The van der Waals surface area contributed by atoms with Crippen LogP contribution in [0.15, 0.2) is 0 Å². The Bertz CT molecular complexity index is 374. The molecule has 0 amide bonds. The van der Waals surface area contributed by atoms with Gasteiger partial charge >= 0.3 is 0 Å². The van der Waals surface area contributed by atoms with Gasteiger partial charge in [0.15, 0.2) is 11.0 Å². The lowest BCUT2D eigenvalue weighted by Crippen LogP contribution is -2.27. The van der Waals surface area contributed by atoms with Crippen molar-refractivity contribution in [2.75, 3.05) is 32.7 Å². The number of ether oxygens (including phenoxy) is 2. The minimum atomic E-state index is -0.0422. The fourth-order valence-electron chi connectivity index (χ4n) is 1.29. The zero-order chi connectivity index (χ0) is 12.8. The van der Waals surface area contributed by atoms with E-state index in [1.807, 2.05) is 13.8 Å². The summed E-state index contributed by atoms with van der Waals surface area (Å²) in [6.45, 7) is 4.86. The van der Waals surface area contributed by atoms with Crippen LogP contribution in [0, 0.1) is 13.8 Å². The van der Waals surface area contributed by atoms with Crippen molar-refractivity contribution >= 4 is 17.4 Å². The first kappa shape index (κ1) is 14.2. The molecule has 1 rings (SSSR count). The first-order chi connectivity index (χ1) is 8.08. The van der Waals surface area contributed by atoms with Crippen molar-refractivity contribution in [1.82, 2.24) is 9.97 Å². The molecule has 1 atom stereocenters. The Kier molecular flexibility index (Phi) is 5.61. The van der Waals surface area contributed by atoms with Crippen LogP contribution in [-0.2, 0) is 9.47 Å². The second-order valence-electron chi connectivity index (χ2n) is 3.73. The molecule has 1 unspecified atom stereocenters. The maximum Gasteiger partial charge on any atom is 0.171 e. The van der Waals surface area contributed by atoms with Crippen LogP contribution in [0.5, 0.6) is 0 Å². The highest BCUT2D eigenvalue weighted by Crippen LogP contribution is 2.18. The van der Waals surface area contributed by atoms with Crippen molar-refractivity contribution in [1.29, 1.82) is 0 Å². The Morgan fingerprint density at radius 3 is 2.47 bits per heavy atom. The Hall–Kier alpha value is -0.910. The fourth-order valence-corrected chi connectivity index (χ4v) is 1.53. The Morgan fingerprint density at radius 2 is 1.88 bits per heavy atom. The monoisotopic (exact) mass is 259 g/mol. The predicted molar refractivity (Wildman–Crippen MR) is 67.7 cm³/mol. The van der Waals surface area contributed by atoms with Crippen molar-refractivity contribution < 1.29 is 9.47 Å². The van der Waals surface area contributed by atoms with Crippen LogP contribution in [0.2, 0.25) is 5.15 Å². The van der Waals surface area contributed by atoms with E-state index in [-0.39, 0.29) is 6.10 Å². The SMILES string of the molecule is COCC(CNc1nc(C)c(C)nc1Cl)OC. The summed E-state index contributed by atoms with van der Waals surface area (Å²) in [5, 5.41) is 3.48. The molecule has 0 spiro atoms. The van der Waals surface area contributed by atoms with Gasteiger partial charge in [-0.15, -0.1) is 0 Å². The van der Waals surface area contributed by atoms with E-state index in [1.54, 1.807) is 14.2 Å². The summed E-state index contributed by atoms with van der Waals surface area (Å²) in [5.41, 5.74) is 1.69. The van der Waals surface area contributed by atoms with Crippen molar-refractivity contribution in [3.63, 3.8) is 0 Å². The molecule has 0 radical (unpaired) electrons.